The first-order valence-corrected chi connectivity index (χ1v) is 9.73. The SMILES string of the molecule is O=C(CCNC(=O)c1ccc(Oc2ccc(Br)cc2)nc1)NCc1ccncc1. The second-order valence-corrected chi connectivity index (χ2v) is 6.99. The van der Waals surface area contributed by atoms with E-state index in [1.807, 2.05) is 36.4 Å². The number of nitrogens with zero attached hydrogens (tertiary/aromatic N) is 2. The Balaban J connectivity index is 1.41. The van der Waals surface area contributed by atoms with Crippen molar-refractivity contribution in [2.45, 2.75) is 13.0 Å². The molecule has 0 atom stereocenters. The van der Waals surface area contributed by atoms with Crippen molar-refractivity contribution in [2.24, 2.45) is 0 Å². The Hall–Kier alpha value is -3.26. The number of benzene rings is 1. The predicted molar refractivity (Wildman–Crippen MR) is 111 cm³/mol. The van der Waals surface area contributed by atoms with Crippen LogP contribution in [0.1, 0.15) is 22.3 Å². The van der Waals surface area contributed by atoms with Gasteiger partial charge in [0.2, 0.25) is 11.8 Å². The van der Waals surface area contributed by atoms with Crippen molar-refractivity contribution in [1.82, 2.24) is 20.6 Å². The zero-order chi connectivity index (χ0) is 20.5. The van der Waals surface area contributed by atoms with Gasteiger partial charge in [0.25, 0.3) is 5.91 Å². The molecule has 2 amide bonds. The number of halogens is 1. The van der Waals surface area contributed by atoms with Crippen molar-refractivity contribution in [3.8, 4) is 11.6 Å². The fraction of sp³-hybridized carbons (Fsp3) is 0.143. The fourth-order valence-corrected chi connectivity index (χ4v) is 2.64. The van der Waals surface area contributed by atoms with Crippen molar-refractivity contribution in [3.05, 3.63) is 82.7 Å². The molecule has 3 aromatic rings. The van der Waals surface area contributed by atoms with Gasteiger partial charge in [0.1, 0.15) is 5.75 Å². The van der Waals surface area contributed by atoms with Crippen LogP contribution < -0.4 is 15.4 Å². The lowest BCUT2D eigenvalue weighted by atomic mass is 10.2. The van der Waals surface area contributed by atoms with E-state index in [0.29, 0.717) is 23.7 Å². The standard InChI is InChI=1S/C21H19BrN4O3/c22-17-2-4-18(5-3-17)29-20-6-1-16(14-26-20)21(28)24-12-9-19(27)25-13-15-7-10-23-11-8-15/h1-8,10-11,14H,9,12-13H2,(H,24,28)(H,25,27). The Morgan fingerprint density at radius 3 is 2.41 bits per heavy atom. The van der Waals surface area contributed by atoms with Crippen LogP contribution in [-0.4, -0.2) is 28.3 Å². The maximum absolute atomic E-state index is 12.2. The van der Waals surface area contributed by atoms with E-state index >= 15 is 0 Å². The molecule has 0 saturated heterocycles. The molecule has 2 heterocycles. The van der Waals surface area contributed by atoms with Crippen molar-refractivity contribution in [2.75, 3.05) is 6.54 Å². The Bertz CT molecular complexity index is 948. The second-order valence-electron chi connectivity index (χ2n) is 6.08. The van der Waals surface area contributed by atoms with Crippen LogP contribution in [0.3, 0.4) is 0 Å². The number of nitrogens with one attached hydrogen (secondary N) is 2. The van der Waals surface area contributed by atoms with Crippen LogP contribution in [0.5, 0.6) is 11.6 Å². The summed E-state index contributed by atoms with van der Waals surface area (Å²) in [5.41, 5.74) is 1.36. The van der Waals surface area contributed by atoms with Gasteiger partial charge in [-0.25, -0.2) is 4.98 Å². The lowest BCUT2D eigenvalue weighted by Gasteiger charge is -2.08. The zero-order valence-corrected chi connectivity index (χ0v) is 17.1. The van der Waals surface area contributed by atoms with Gasteiger partial charge in [-0.15, -0.1) is 0 Å². The highest BCUT2D eigenvalue weighted by molar-refractivity contribution is 9.10. The predicted octanol–water partition coefficient (Wildman–Crippen LogP) is 3.47. The van der Waals surface area contributed by atoms with Gasteiger partial charge in [0.15, 0.2) is 0 Å². The summed E-state index contributed by atoms with van der Waals surface area (Å²) >= 11 is 3.36. The Labute approximate surface area is 176 Å². The van der Waals surface area contributed by atoms with Gasteiger partial charge in [0.05, 0.1) is 5.56 Å². The molecule has 0 aliphatic carbocycles. The van der Waals surface area contributed by atoms with Crippen LogP contribution in [-0.2, 0) is 11.3 Å². The van der Waals surface area contributed by atoms with Gasteiger partial charge < -0.3 is 15.4 Å². The summed E-state index contributed by atoms with van der Waals surface area (Å²) in [6, 6.07) is 14.3. The fourth-order valence-electron chi connectivity index (χ4n) is 2.38. The molecular formula is C21H19BrN4O3. The van der Waals surface area contributed by atoms with Crippen molar-refractivity contribution >= 4 is 27.7 Å². The molecule has 0 saturated carbocycles. The number of aromatic nitrogens is 2. The number of carbonyl (C=O) groups excluding carboxylic acids is 2. The van der Waals surface area contributed by atoms with Crippen molar-refractivity contribution in [1.29, 1.82) is 0 Å². The molecule has 0 aliphatic heterocycles. The normalized spacial score (nSPS) is 10.2. The summed E-state index contributed by atoms with van der Waals surface area (Å²) in [7, 11) is 0. The Kier molecular flexibility index (Phi) is 7.29. The molecule has 0 radical (unpaired) electrons. The van der Waals surface area contributed by atoms with E-state index in [2.05, 4.69) is 36.5 Å². The number of hydrogen-bond acceptors (Lipinski definition) is 5. The summed E-state index contributed by atoms with van der Waals surface area (Å²) in [5.74, 6) is 0.600. The number of hydrogen-bond donors (Lipinski definition) is 2. The van der Waals surface area contributed by atoms with Gasteiger partial charge >= 0.3 is 0 Å². The van der Waals surface area contributed by atoms with Gasteiger partial charge in [-0.2, -0.15) is 0 Å². The molecule has 2 N–H and O–H groups in total. The highest BCUT2D eigenvalue weighted by Crippen LogP contribution is 2.21. The quantitative estimate of drug-likeness (QED) is 0.543. The van der Waals surface area contributed by atoms with E-state index in [1.165, 1.54) is 6.20 Å². The monoisotopic (exact) mass is 454 g/mol. The molecule has 148 valence electrons. The minimum absolute atomic E-state index is 0.140. The summed E-state index contributed by atoms with van der Waals surface area (Å²) < 4.78 is 6.58. The smallest absolute Gasteiger partial charge is 0.252 e. The zero-order valence-electron chi connectivity index (χ0n) is 15.5. The average molecular weight is 455 g/mol. The third-order valence-electron chi connectivity index (χ3n) is 3.91. The van der Waals surface area contributed by atoms with Gasteiger partial charge in [-0.05, 0) is 48.0 Å². The van der Waals surface area contributed by atoms with E-state index in [4.69, 9.17) is 4.74 Å². The average Bonchev–Trinajstić information content (AvgIpc) is 2.75. The summed E-state index contributed by atoms with van der Waals surface area (Å²) in [6.07, 6.45) is 4.97. The summed E-state index contributed by atoms with van der Waals surface area (Å²) in [4.78, 5) is 32.1. The van der Waals surface area contributed by atoms with Crippen LogP contribution in [0.4, 0.5) is 0 Å². The van der Waals surface area contributed by atoms with Crippen LogP contribution >= 0.6 is 15.9 Å². The minimum Gasteiger partial charge on any atom is -0.439 e. The molecule has 7 nitrogen and oxygen atoms in total. The number of pyridine rings is 2. The first kappa shape index (κ1) is 20.5. The third kappa shape index (κ3) is 6.69. The maximum atomic E-state index is 12.2. The molecule has 0 aliphatic rings. The van der Waals surface area contributed by atoms with E-state index in [9.17, 15) is 9.59 Å². The molecular weight excluding hydrogens is 436 g/mol. The highest BCUT2D eigenvalue weighted by atomic mass is 79.9. The molecule has 2 aromatic heterocycles. The largest absolute Gasteiger partial charge is 0.439 e. The molecule has 0 bridgehead atoms. The van der Waals surface area contributed by atoms with Gasteiger partial charge in [0, 0.05) is 48.6 Å². The number of rotatable bonds is 8. The molecule has 3 rings (SSSR count). The van der Waals surface area contributed by atoms with Crippen LogP contribution in [0.15, 0.2) is 71.6 Å². The van der Waals surface area contributed by atoms with Gasteiger partial charge in [-0.1, -0.05) is 15.9 Å². The first-order chi connectivity index (χ1) is 14.1. The van der Waals surface area contributed by atoms with E-state index < -0.39 is 0 Å². The summed E-state index contributed by atoms with van der Waals surface area (Å²) in [6.45, 7) is 0.664. The Morgan fingerprint density at radius 2 is 1.72 bits per heavy atom. The highest BCUT2D eigenvalue weighted by Gasteiger charge is 2.08. The molecule has 0 spiro atoms. The van der Waals surface area contributed by atoms with Crippen LogP contribution in [0.25, 0.3) is 0 Å². The Morgan fingerprint density at radius 1 is 0.966 bits per heavy atom. The van der Waals surface area contributed by atoms with Crippen molar-refractivity contribution < 1.29 is 14.3 Å². The number of carbonyl (C=O) groups is 2. The molecule has 29 heavy (non-hydrogen) atoms. The molecule has 8 heteroatoms. The number of amides is 2. The second kappa shape index (κ2) is 10.3. The lowest BCUT2D eigenvalue weighted by molar-refractivity contribution is -0.121. The third-order valence-corrected chi connectivity index (χ3v) is 4.44. The molecule has 0 unspecified atom stereocenters. The van der Waals surface area contributed by atoms with Crippen LogP contribution in [0.2, 0.25) is 0 Å². The van der Waals surface area contributed by atoms with Crippen molar-refractivity contribution in [3.63, 3.8) is 0 Å². The topological polar surface area (TPSA) is 93.2 Å². The lowest BCUT2D eigenvalue weighted by Crippen LogP contribution is -2.30. The van der Waals surface area contributed by atoms with E-state index in [0.717, 1.165) is 10.0 Å². The molecule has 1 aromatic carbocycles. The number of ether oxygens (including phenoxy) is 1. The minimum atomic E-state index is -0.297. The molecule has 0 fully saturated rings. The summed E-state index contributed by atoms with van der Waals surface area (Å²) in [5, 5.41) is 5.50. The van der Waals surface area contributed by atoms with E-state index in [-0.39, 0.29) is 24.8 Å². The van der Waals surface area contributed by atoms with E-state index in [1.54, 1.807) is 24.5 Å². The maximum Gasteiger partial charge on any atom is 0.252 e. The first-order valence-electron chi connectivity index (χ1n) is 8.93. The van der Waals surface area contributed by atoms with Gasteiger partial charge in [-0.3, -0.25) is 14.6 Å². The van der Waals surface area contributed by atoms with Crippen LogP contribution in [0, 0.1) is 0 Å².